The first-order chi connectivity index (χ1) is 19.2. The number of benzene rings is 3. The number of nitrogens with one attached hydrogen (secondary N) is 1. The Labute approximate surface area is 238 Å². The van der Waals surface area contributed by atoms with Gasteiger partial charge in [-0.1, -0.05) is 59.6 Å². The minimum atomic E-state index is -1.36. The number of ether oxygens (including phenoxy) is 1. The van der Waals surface area contributed by atoms with E-state index in [4.69, 9.17) is 27.1 Å². The molecule has 1 unspecified atom stereocenters. The number of carbonyl (C=O) groups excluding carboxylic acids is 2. The van der Waals surface area contributed by atoms with Crippen molar-refractivity contribution in [1.82, 2.24) is 14.9 Å². The van der Waals surface area contributed by atoms with Gasteiger partial charge in [-0.25, -0.2) is 9.78 Å². The molecule has 0 fully saturated rings. The van der Waals surface area contributed by atoms with Crippen LogP contribution in [0.15, 0.2) is 71.5 Å². The molecular formula is C31H33ClN4O4. The normalized spacial score (nSPS) is 11.9. The van der Waals surface area contributed by atoms with Crippen molar-refractivity contribution in [3.63, 3.8) is 0 Å². The number of aromatic nitrogens is 2. The van der Waals surface area contributed by atoms with Gasteiger partial charge < -0.3 is 15.8 Å². The van der Waals surface area contributed by atoms with Crippen LogP contribution in [0.4, 0.5) is 0 Å². The summed E-state index contributed by atoms with van der Waals surface area (Å²) in [6.45, 7) is 5.99. The van der Waals surface area contributed by atoms with E-state index in [-0.39, 0.29) is 17.9 Å². The molecule has 1 heterocycles. The van der Waals surface area contributed by atoms with Gasteiger partial charge in [-0.05, 0) is 75.5 Å². The molecule has 0 saturated carbocycles. The standard InChI is InChI=1S/C31H33ClN4O4/c1-19(2)40-31(39)27(35-29(37)24-13-11-20(3)16-22(24)10-7-15-33)28-34-26-17-23(32)12-14-25(26)30(38)36(28)18-21-8-5-4-6-9-21/h4-6,8-9,11-14,16-17,19,27H,7,10,15,18,33H2,1-3H3,(H,35,37). The molecule has 8 nitrogen and oxygen atoms in total. The summed E-state index contributed by atoms with van der Waals surface area (Å²) in [5.41, 5.74) is 8.74. The van der Waals surface area contributed by atoms with Crippen LogP contribution in [0.1, 0.15) is 59.2 Å². The Morgan fingerprint density at radius 3 is 2.52 bits per heavy atom. The van der Waals surface area contributed by atoms with Gasteiger partial charge in [0.05, 0.1) is 23.6 Å². The van der Waals surface area contributed by atoms with E-state index in [2.05, 4.69) is 5.32 Å². The van der Waals surface area contributed by atoms with Gasteiger partial charge in [0.25, 0.3) is 11.5 Å². The van der Waals surface area contributed by atoms with Gasteiger partial charge >= 0.3 is 5.97 Å². The third-order valence-corrected chi connectivity index (χ3v) is 6.64. The highest BCUT2D eigenvalue weighted by Crippen LogP contribution is 2.22. The number of aryl methyl sites for hydroxylation is 2. The molecule has 0 saturated heterocycles. The maximum Gasteiger partial charge on any atom is 0.336 e. The number of halogens is 1. The minimum Gasteiger partial charge on any atom is -0.461 e. The van der Waals surface area contributed by atoms with Crippen LogP contribution in [-0.4, -0.2) is 34.1 Å². The average molecular weight is 561 g/mol. The summed E-state index contributed by atoms with van der Waals surface area (Å²) in [5.74, 6) is -1.16. The van der Waals surface area contributed by atoms with Crippen LogP contribution >= 0.6 is 11.6 Å². The smallest absolute Gasteiger partial charge is 0.336 e. The molecule has 4 rings (SSSR count). The molecule has 1 amide bonds. The van der Waals surface area contributed by atoms with Crippen molar-refractivity contribution < 1.29 is 14.3 Å². The van der Waals surface area contributed by atoms with E-state index < -0.39 is 24.0 Å². The number of amides is 1. The molecule has 0 aliphatic rings. The fourth-order valence-corrected chi connectivity index (χ4v) is 4.70. The summed E-state index contributed by atoms with van der Waals surface area (Å²) in [4.78, 5) is 45.7. The van der Waals surface area contributed by atoms with Crippen molar-refractivity contribution >= 4 is 34.4 Å². The second-order valence-electron chi connectivity index (χ2n) is 9.95. The third-order valence-electron chi connectivity index (χ3n) is 6.41. The highest BCUT2D eigenvalue weighted by Gasteiger charge is 2.31. The second kappa shape index (κ2) is 12.9. The van der Waals surface area contributed by atoms with E-state index in [1.165, 1.54) is 4.57 Å². The first-order valence-corrected chi connectivity index (χ1v) is 13.6. The van der Waals surface area contributed by atoms with E-state index >= 15 is 0 Å². The lowest BCUT2D eigenvalue weighted by Crippen LogP contribution is -2.41. The topological polar surface area (TPSA) is 116 Å². The number of esters is 1. The summed E-state index contributed by atoms with van der Waals surface area (Å²) in [5, 5.41) is 3.56. The first-order valence-electron chi connectivity index (χ1n) is 13.2. The molecule has 0 aliphatic heterocycles. The lowest BCUT2D eigenvalue weighted by molar-refractivity contribution is -0.150. The maximum atomic E-state index is 13.8. The van der Waals surface area contributed by atoms with Crippen molar-refractivity contribution in [2.75, 3.05) is 6.54 Å². The van der Waals surface area contributed by atoms with Gasteiger partial charge in [-0.15, -0.1) is 0 Å². The van der Waals surface area contributed by atoms with Crippen LogP contribution < -0.4 is 16.6 Å². The zero-order chi connectivity index (χ0) is 28.8. The summed E-state index contributed by atoms with van der Waals surface area (Å²) in [6.07, 6.45) is 0.843. The highest BCUT2D eigenvalue weighted by atomic mass is 35.5. The van der Waals surface area contributed by atoms with Crippen LogP contribution in [0, 0.1) is 6.92 Å². The van der Waals surface area contributed by atoms with Gasteiger partial charge in [-0.2, -0.15) is 0 Å². The Hall–Kier alpha value is -4.01. The lowest BCUT2D eigenvalue weighted by Gasteiger charge is -2.23. The molecule has 3 aromatic carbocycles. The van der Waals surface area contributed by atoms with Crippen molar-refractivity contribution in [3.8, 4) is 0 Å². The first kappa shape index (κ1) is 29.0. The fraction of sp³-hybridized carbons (Fsp3) is 0.290. The molecule has 3 N–H and O–H groups in total. The molecule has 9 heteroatoms. The predicted octanol–water partition coefficient (Wildman–Crippen LogP) is 4.72. The molecule has 0 bridgehead atoms. The van der Waals surface area contributed by atoms with Crippen molar-refractivity contribution in [2.24, 2.45) is 5.73 Å². The number of nitrogens with zero attached hydrogens (tertiary/aromatic N) is 2. The molecule has 0 aliphatic carbocycles. The summed E-state index contributed by atoms with van der Waals surface area (Å²) in [7, 11) is 0. The molecule has 40 heavy (non-hydrogen) atoms. The van der Waals surface area contributed by atoms with E-state index in [0.29, 0.717) is 40.9 Å². The van der Waals surface area contributed by atoms with Gasteiger partial charge in [0.2, 0.25) is 0 Å². The average Bonchev–Trinajstić information content (AvgIpc) is 2.92. The number of nitrogens with two attached hydrogens (primary N) is 1. The number of hydrogen-bond donors (Lipinski definition) is 2. The van der Waals surface area contributed by atoms with Crippen molar-refractivity contribution in [1.29, 1.82) is 0 Å². The summed E-state index contributed by atoms with van der Waals surface area (Å²) in [6, 6.07) is 18.3. The van der Waals surface area contributed by atoms with Gasteiger partial charge in [0.1, 0.15) is 5.82 Å². The molecule has 0 spiro atoms. The second-order valence-corrected chi connectivity index (χ2v) is 10.4. The number of fused-ring (bicyclic) bond motifs is 1. The third kappa shape index (κ3) is 6.76. The Kier molecular flexibility index (Phi) is 9.34. The largest absolute Gasteiger partial charge is 0.461 e. The van der Waals surface area contributed by atoms with Crippen molar-refractivity contribution in [3.05, 3.63) is 110 Å². The Morgan fingerprint density at radius 2 is 1.82 bits per heavy atom. The molecular weight excluding hydrogens is 528 g/mol. The SMILES string of the molecule is Cc1ccc(C(=O)NC(C(=O)OC(C)C)c2nc3cc(Cl)ccc3c(=O)n2Cc2ccccc2)c(CCCN)c1. The number of hydrogen-bond acceptors (Lipinski definition) is 6. The van der Waals surface area contributed by atoms with Gasteiger partial charge in [0, 0.05) is 10.6 Å². The molecule has 4 aromatic rings. The lowest BCUT2D eigenvalue weighted by atomic mass is 9.99. The zero-order valence-electron chi connectivity index (χ0n) is 22.8. The Balaban J connectivity index is 1.87. The molecule has 0 radical (unpaired) electrons. The van der Waals surface area contributed by atoms with Crippen LogP contribution in [0.3, 0.4) is 0 Å². The summed E-state index contributed by atoms with van der Waals surface area (Å²) >= 11 is 6.22. The summed E-state index contributed by atoms with van der Waals surface area (Å²) < 4.78 is 6.95. The minimum absolute atomic E-state index is 0.0539. The number of rotatable bonds is 10. The quantitative estimate of drug-likeness (QED) is 0.271. The molecule has 1 atom stereocenters. The van der Waals surface area contributed by atoms with Gasteiger partial charge in [-0.3, -0.25) is 14.2 Å². The van der Waals surface area contributed by atoms with Crippen LogP contribution in [0.25, 0.3) is 10.9 Å². The van der Waals surface area contributed by atoms with E-state index in [0.717, 1.165) is 16.7 Å². The van der Waals surface area contributed by atoms with E-state index in [1.54, 1.807) is 38.1 Å². The van der Waals surface area contributed by atoms with Crippen LogP contribution in [-0.2, 0) is 22.5 Å². The van der Waals surface area contributed by atoms with Crippen LogP contribution in [0.5, 0.6) is 0 Å². The molecule has 1 aromatic heterocycles. The monoisotopic (exact) mass is 560 g/mol. The number of carbonyl (C=O) groups is 2. The Bertz CT molecular complexity index is 1580. The maximum absolute atomic E-state index is 13.8. The zero-order valence-corrected chi connectivity index (χ0v) is 23.6. The Morgan fingerprint density at radius 1 is 1.07 bits per heavy atom. The van der Waals surface area contributed by atoms with E-state index in [1.807, 2.05) is 49.4 Å². The van der Waals surface area contributed by atoms with E-state index in [9.17, 15) is 14.4 Å². The van der Waals surface area contributed by atoms with Gasteiger partial charge in [0.15, 0.2) is 6.04 Å². The predicted molar refractivity (Wildman–Crippen MR) is 157 cm³/mol. The van der Waals surface area contributed by atoms with Crippen molar-refractivity contribution in [2.45, 2.75) is 52.3 Å². The highest BCUT2D eigenvalue weighted by molar-refractivity contribution is 6.31. The fourth-order valence-electron chi connectivity index (χ4n) is 4.53. The molecule has 208 valence electrons. The van der Waals surface area contributed by atoms with Crippen LogP contribution in [0.2, 0.25) is 5.02 Å².